The van der Waals surface area contributed by atoms with Crippen LogP contribution in [0.4, 0.5) is 0 Å². The Hall–Kier alpha value is -1.55. The summed E-state index contributed by atoms with van der Waals surface area (Å²) in [5.74, 6) is 0. The van der Waals surface area contributed by atoms with Crippen LogP contribution in [-0.2, 0) is 0 Å². The largest absolute Gasteiger partial charge is 0.465 e. The van der Waals surface area contributed by atoms with Crippen molar-refractivity contribution in [1.29, 1.82) is 0 Å². The zero-order valence-corrected chi connectivity index (χ0v) is 9.00. The summed E-state index contributed by atoms with van der Waals surface area (Å²) in [5, 5.41) is 0.580. The summed E-state index contributed by atoms with van der Waals surface area (Å²) in [4.78, 5) is 18.2. The Kier molecular flexibility index (Phi) is 3.68. The van der Waals surface area contributed by atoms with Crippen LogP contribution in [0, 0.1) is 0 Å². The van der Waals surface area contributed by atoms with Crippen LogP contribution < -0.4 is 10.3 Å². The number of hydrogen-bond donors (Lipinski definition) is 1. The van der Waals surface area contributed by atoms with Crippen molar-refractivity contribution in [2.75, 3.05) is 6.61 Å². The molecule has 80 valence electrons. The number of para-hydroxylation sites is 1. The molecule has 5 heteroatoms. The molecule has 15 heavy (non-hydrogen) atoms. The fourth-order valence-electron chi connectivity index (χ4n) is 1.27. The van der Waals surface area contributed by atoms with E-state index in [1.807, 2.05) is 13.0 Å². The Bertz CT molecular complexity index is 510. The normalized spacial score (nSPS) is 9.67. The number of ether oxygens (including phenoxy) is 1. The molecule has 4 nitrogen and oxygen atoms in total. The van der Waals surface area contributed by atoms with Crippen LogP contribution >= 0.6 is 12.4 Å². The van der Waals surface area contributed by atoms with E-state index in [-0.39, 0.29) is 24.0 Å². The van der Waals surface area contributed by atoms with E-state index in [1.54, 1.807) is 18.2 Å². The average Bonchev–Trinajstić information content (AvgIpc) is 2.18. The molecule has 0 aliphatic carbocycles. The number of aromatic nitrogens is 2. The first-order valence-corrected chi connectivity index (χ1v) is 4.43. The van der Waals surface area contributed by atoms with Crippen molar-refractivity contribution in [3.63, 3.8) is 0 Å². The highest BCUT2D eigenvalue weighted by molar-refractivity contribution is 5.85. The summed E-state index contributed by atoms with van der Waals surface area (Å²) < 4.78 is 5.13. The number of aromatic amines is 1. The number of halogens is 1. The molecule has 0 fully saturated rings. The highest BCUT2D eigenvalue weighted by Gasteiger charge is 2.02. The molecular formula is C10H11ClN2O2. The molecule has 0 saturated carbocycles. The van der Waals surface area contributed by atoms with E-state index in [2.05, 4.69) is 9.97 Å². The first kappa shape index (κ1) is 11.5. The highest BCUT2D eigenvalue weighted by Crippen LogP contribution is 2.08. The third-order valence-corrected chi connectivity index (χ3v) is 1.87. The van der Waals surface area contributed by atoms with Gasteiger partial charge in [0.05, 0.1) is 17.5 Å². The van der Waals surface area contributed by atoms with E-state index in [9.17, 15) is 4.79 Å². The van der Waals surface area contributed by atoms with Crippen LogP contribution in [0.5, 0.6) is 6.01 Å². The van der Waals surface area contributed by atoms with Gasteiger partial charge in [-0.15, -0.1) is 12.4 Å². The Morgan fingerprint density at radius 3 is 2.87 bits per heavy atom. The maximum absolute atomic E-state index is 11.5. The van der Waals surface area contributed by atoms with Gasteiger partial charge in [-0.05, 0) is 19.1 Å². The van der Waals surface area contributed by atoms with Crippen LogP contribution in [0.25, 0.3) is 10.9 Å². The van der Waals surface area contributed by atoms with Crippen LogP contribution in [0.3, 0.4) is 0 Å². The second-order valence-electron chi connectivity index (χ2n) is 2.82. The maximum Gasteiger partial charge on any atom is 0.296 e. The second-order valence-corrected chi connectivity index (χ2v) is 2.82. The number of nitrogens with zero attached hydrogens (tertiary/aromatic N) is 1. The van der Waals surface area contributed by atoms with Crippen LogP contribution in [0.1, 0.15) is 6.92 Å². The lowest BCUT2D eigenvalue weighted by Crippen LogP contribution is -2.10. The molecule has 1 heterocycles. The number of hydrogen-bond acceptors (Lipinski definition) is 3. The summed E-state index contributed by atoms with van der Waals surface area (Å²) in [6.45, 7) is 2.33. The van der Waals surface area contributed by atoms with E-state index >= 15 is 0 Å². The van der Waals surface area contributed by atoms with Gasteiger partial charge in [-0.25, -0.2) is 0 Å². The van der Waals surface area contributed by atoms with Gasteiger partial charge in [-0.2, -0.15) is 4.98 Å². The molecule has 2 rings (SSSR count). The van der Waals surface area contributed by atoms with Crippen molar-refractivity contribution in [2.24, 2.45) is 0 Å². The van der Waals surface area contributed by atoms with Gasteiger partial charge in [0.15, 0.2) is 0 Å². The molecular weight excluding hydrogens is 216 g/mol. The molecule has 0 aliphatic rings. The summed E-state index contributed by atoms with van der Waals surface area (Å²) in [6.07, 6.45) is 0. The van der Waals surface area contributed by atoms with Crippen LogP contribution in [-0.4, -0.2) is 16.6 Å². The SMILES string of the molecule is CCOc1nc2ccccc2c(=O)[nH]1.Cl. The highest BCUT2D eigenvalue weighted by atomic mass is 35.5. The van der Waals surface area contributed by atoms with Gasteiger partial charge < -0.3 is 4.74 Å². The molecule has 0 radical (unpaired) electrons. The van der Waals surface area contributed by atoms with Crippen molar-refractivity contribution < 1.29 is 4.74 Å². The monoisotopic (exact) mass is 226 g/mol. The standard InChI is InChI=1S/C10H10N2O2.ClH/c1-2-14-10-11-8-6-4-3-5-7(8)9(13)12-10;/h3-6H,2H2,1H3,(H,11,12,13);1H. The van der Waals surface area contributed by atoms with Gasteiger partial charge in [0, 0.05) is 0 Å². The van der Waals surface area contributed by atoms with E-state index in [0.29, 0.717) is 17.5 Å². The molecule has 0 saturated heterocycles. The Morgan fingerprint density at radius 2 is 2.13 bits per heavy atom. The predicted molar refractivity (Wildman–Crippen MR) is 60.8 cm³/mol. The smallest absolute Gasteiger partial charge is 0.296 e. The first-order chi connectivity index (χ1) is 6.81. The van der Waals surface area contributed by atoms with Gasteiger partial charge >= 0.3 is 0 Å². The number of benzene rings is 1. The van der Waals surface area contributed by atoms with E-state index in [1.165, 1.54) is 0 Å². The third kappa shape index (κ3) is 2.27. The molecule has 0 amide bonds. The summed E-state index contributed by atoms with van der Waals surface area (Å²) >= 11 is 0. The molecule has 1 aromatic carbocycles. The number of H-pyrrole nitrogens is 1. The van der Waals surface area contributed by atoms with E-state index < -0.39 is 0 Å². The quantitative estimate of drug-likeness (QED) is 0.849. The van der Waals surface area contributed by atoms with Crippen molar-refractivity contribution in [1.82, 2.24) is 9.97 Å². The summed E-state index contributed by atoms with van der Waals surface area (Å²) in [6, 6.07) is 7.44. The maximum atomic E-state index is 11.5. The number of fused-ring (bicyclic) bond motifs is 1. The van der Waals surface area contributed by atoms with Crippen molar-refractivity contribution in [3.05, 3.63) is 34.6 Å². The fourth-order valence-corrected chi connectivity index (χ4v) is 1.27. The van der Waals surface area contributed by atoms with Crippen molar-refractivity contribution in [3.8, 4) is 6.01 Å². The topological polar surface area (TPSA) is 55.0 Å². The molecule has 0 unspecified atom stereocenters. The summed E-state index contributed by atoms with van der Waals surface area (Å²) in [5.41, 5.74) is 0.485. The summed E-state index contributed by atoms with van der Waals surface area (Å²) in [7, 11) is 0. The Labute approximate surface area is 92.7 Å². The van der Waals surface area contributed by atoms with E-state index in [4.69, 9.17) is 4.74 Å². The van der Waals surface area contributed by atoms with Crippen molar-refractivity contribution in [2.45, 2.75) is 6.92 Å². The minimum atomic E-state index is -0.168. The van der Waals surface area contributed by atoms with Gasteiger partial charge in [0.1, 0.15) is 0 Å². The Morgan fingerprint density at radius 1 is 1.40 bits per heavy atom. The molecule has 0 spiro atoms. The van der Waals surface area contributed by atoms with Gasteiger partial charge in [-0.3, -0.25) is 9.78 Å². The lowest BCUT2D eigenvalue weighted by Gasteiger charge is -2.02. The third-order valence-electron chi connectivity index (χ3n) is 1.87. The molecule has 0 bridgehead atoms. The molecule has 1 N–H and O–H groups in total. The lowest BCUT2D eigenvalue weighted by molar-refractivity contribution is 0.313. The molecule has 2 aromatic rings. The van der Waals surface area contributed by atoms with Crippen LogP contribution in [0.15, 0.2) is 29.1 Å². The average molecular weight is 227 g/mol. The van der Waals surface area contributed by atoms with Gasteiger partial charge in [0.2, 0.25) is 0 Å². The fraction of sp³-hybridized carbons (Fsp3) is 0.200. The number of rotatable bonds is 2. The molecule has 0 atom stereocenters. The lowest BCUT2D eigenvalue weighted by atomic mass is 10.2. The predicted octanol–water partition coefficient (Wildman–Crippen LogP) is 1.74. The zero-order chi connectivity index (χ0) is 9.97. The minimum Gasteiger partial charge on any atom is -0.465 e. The van der Waals surface area contributed by atoms with Crippen LogP contribution in [0.2, 0.25) is 0 Å². The Balaban J connectivity index is 0.00000112. The number of nitrogens with one attached hydrogen (secondary N) is 1. The zero-order valence-electron chi connectivity index (χ0n) is 8.19. The van der Waals surface area contributed by atoms with Gasteiger partial charge in [-0.1, -0.05) is 12.1 Å². The van der Waals surface area contributed by atoms with E-state index in [0.717, 1.165) is 0 Å². The van der Waals surface area contributed by atoms with Crippen molar-refractivity contribution >= 4 is 23.3 Å². The second kappa shape index (κ2) is 4.79. The first-order valence-electron chi connectivity index (χ1n) is 4.43. The molecule has 0 aliphatic heterocycles. The van der Waals surface area contributed by atoms with Gasteiger partial charge in [0.25, 0.3) is 11.6 Å². The molecule has 1 aromatic heterocycles. The minimum absolute atomic E-state index is 0.